The number of rotatable bonds is 8. The van der Waals surface area contributed by atoms with Gasteiger partial charge in [-0.1, -0.05) is 12.7 Å². The molecule has 0 saturated heterocycles. The van der Waals surface area contributed by atoms with Gasteiger partial charge in [-0.2, -0.15) is 15.3 Å². The molecule has 4 aromatic rings. The normalized spacial score (nSPS) is 11.1. The third-order valence-electron chi connectivity index (χ3n) is 4.45. The van der Waals surface area contributed by atoms with Crippen molar-refractivity contribution in [1.82, 2.24) is 34.7 Å². The number of hydrogen-bond donors (Lipinski definition) is 1. The second-order valence-electron chi connectivity index (χ2n) is 6.39. The molecule has 0 amide bonds. The van der Waals surface area contributed by atoms with Crippen LogP contribution in [0.15, 0.2) is 35.8 Å². The van der Waals surface area contributed by atoms with Gasteiger partial charge in [0.2, 0.25) is 11.8 Å². The van der Waals surface area contributed by atoms with Crippen LogP contribution in [0.4, 0.5) is 0 Å². The van der Waals surface area contributed by atoms with Gasteiger partial charge in [0.1, 0.15) is 10.1 Å². The lowest BCUT2D eigenvalue weighted by Crippen LogP contribution is -2.09. The molecule has 0 aliphatic carbocycles. The first-order valence-corrected chi connectivity index (χ1v) is 9.79. The average Bonchev–Trinajstić information content (AvgIpc) is 3.39. The maximum absolute atomic E-state index is 6.00. The summed E-state index contributed by atoms with van der Waals surface area (Å²) in [6, 6.07) is 1.95. The maximum Gasteiger partial charge on any atom is 0.221 e. The van der Waals surface area contributed by atoms with Crippen LogP contribution >= 0.6 is 15.9 Å². The quantitative estimate of drug-likeness (QED) is 0.407. The molecule has 0 radical (unpaired) electrons. The Morgan fingerprint density at radius 1 is 1.10 bits per heavy atom. The van der Waals surface area contributed by atoms with Crippen LogP contribution in [0.5, 0.6) is 11.8 Å². The fourth-order valence-corrected chi connectivity index (χ4v) is 3.37. The van der Waals surface area contributed by atoms with Gasteiger partial charge in [0.15, 0.2) is 0 Å². The Bertz CT molecular complexity index is 1160. The smallest absolute Gasteiger partial charge is 0.221 e. The molecule has 0 aromatic carbocycles. The summed E-state index contributed by atoms with van der Waals surface area (Å²) in [7, 11) is 3.68. The monoisotopic (exact) mass is 457 g/mol. The number of aryl methyl sites for hydroxylation is 2. The number of ether oxygens (including phenoxy) is 2. The summed E-state index contributed by atoms with van der Waals surface area (Å²) < 4.78 is 16.0. The number of hydrogen-bond acceptors (Lipinski definition) is 6. The van der Waals surface area contributed by atoms with Crippen molar-refractivity contribution in [2.75, 3.05) is 13.2 Å². The Kier molecular flexibility index (Phi) is 5.34. The molecular formula is C19H20BrN7O2. The third kappa shape index (κ3) is 3.75. The summed E-state index contributed by atoms with van der Waals surface area (Å²) in [6.45, 7) is 4.75. The van der Waals surface area contributed by atoms with Gasteiger partial charge < -0.3 is 9.47 Å². The Balaban J connectivity index is 1.42. The molecule has 4 heterocycles. The molecule has 0 spiro atoms. The SMILES string of the molecule is C=Cc1cnn(C)c1OCCCOc1c(-c2cc3c(Br)[nH]nc3cn2)cnn1C. The van der Waals surface area contributed by atoms with E-state index in [9.17, 15) is 0 Å². The first kappa shape index (κ1) is 19.2. The van der Waals surface area contributed by atoms with Crippen LogP contribution in [-0.2, 0) is 14.1 Å². The zero-order chi connectivity index (χ0) is 20.4. The van der Waals surface area contributed by atoms with E-state index in [0.717, 1.165) is 32.3 Å². The van der Waals surface area contributed by atoms with Gasteiger partial charge in [0, 0.05) is 25.9 Å². The molecule has 0 aliphatic rings. The minimum Gasteiger partial charge on any atom is -0.477 e. The van der Waals surface area contributed by atoms with Crippen LogP contribution in [0.1, 0.15) is 12.0 Å². The Morgan fingerprint density at radius 2 is 1.83 bits per heavy atom. The second kappa shape index (κ2) is 8.08. The molecule has 1 N–H and O–H groups in total. The topological polar surface area (TPSA) is 95.7 Å². The summed E-state index contributed by atoms with van der Waals surface area (Å²) >= 11 is 3.46. The van der Waals surface area contributed by atoms with Crippen molar-refractivity contribution >= 4 is 32.9 Å². The Morgan fingerprint density at radius 3 is 2.62 bits per heavy atom. The number of aromatic amines is 1. The zero-order valence-corrected chi connectivity index (χ0v) is 17.7. The predicted octanol–water partition coefficient (Wildman–Crippen LogP) is 3.35. The van der Waals surface area contributed by atoms with E-state index in [1.165, 1.54) is 0 Å². The van der Waals surface area contributed by atoms with E-state index in [1.807, 2.05) is 20.2 Å². The average molecular weight is 458 g/mol. The lowest BCUT2D eigenvalue weighted by Gasteiger charge is -2.10. The number of H-pyrrole nitrogens is 1. The van der Waals surface area contributed by atoms with Crippen LogP contribution < -0.4 is 9.47 Å². The standard InChI is InChI=1S/C19H20BrN7O2/c1-4-12-9-22-26(2)18(12)28-6-5-7-29-19-14(10-23-27(19)3)15-8-13-16(11-21-15)24-25-17(13)20/h4,8-11H,1,5-7H2,2-3H3,(H,24,25). The van der Waals surface area contributed by atoms with E-state index in [1.54, 1.807) is 34.0 Å². The minimum absolute atomic E-state index is 0.478. The van der Waals surface area contributed by atoms with Gasteiger partial charge in [-0.25, -0.2) is 9.36 Å². The number of nitrogens with one attached hydrogen (secondary N) is 1. The first-order valence-electron chi connectivity index (χ1n) is 9.00. The molecule has 0 unspecified atom stereocenters. The van der Waals surface area contributed by atoms with Crippen LogP contribution in [0.3, 0.4) is 0 Å². The molecule has 0 fully saturated rings. The van der Waals surface area contributed by atoms with Gasteiger partial charge in [-0.05, 0) is 22.0 Å². The second-order valence-corrected chi connectivity index (χ2v) is 7.19. The van der Waals surface area contributed by atoms with Crippen LogP contribution in [0.2, 0.25) is 0 Å². The largest absolute Gasteiger partial charge is 0.477 e. The van der Waals surface area contributed by atoms with E-state index in [0.29, 0.717) is 31.4 Å². The molecule has 0 saturated carbocycles. The van der Waals surface area contributed by atoms with Crippen molar-refractivity contribution in [3.05, 3.63) is 41.4 Å². The summed E-state index contributed by atoms with van der Waals surface area (Å²) in [5.41, 5.74) is 3.25. The van der Waals surface area contributed by atoms with Gasteiger partial charge in [0.05, 0.1) is 48.6 Å². The van der Waals surface area contributed by atoms with Gasteiger partial charge >= 0.3 is 0 Å². The number of aromatic nitrogens is 7. The highest BCUT2D eigenvalue weighted by Gasteiger charge is 2.15. The summed E-state index contributed by atoms with van der Waals surface area (Å²) in [4.78, 5) is 4.49. The molecule has 0 atom stereocenters. The number of fused-ring (bicyclic) bond motifs is 1. The molecule has 9 nitrogen and oxygen atoms in total. The van der Waals surface area contributed by atoms with Crippen molar-refractivity contribution < 1.29 is 9.47 Å². The van der Waals surface area contributed by atoms with Crippen LogP contribution in [-0.4, -0.2) is 48.0 Å². The van der Waals surface area contributed by atoms with Crippen molar-refractivity contribution in [2.45, 2.75) is 6.42 Å². The highest BCUT2D eigenvalue weighted by Crippen LogP contribution is 2.31. The van der Waals surface area contributed by atoms with Gasteiger partial charge in [0.25, 0.3) is 0 Å². The Hall–Kier alpha value is -3.14. The van der Waals surface area contributed by atoms with Crippen molar-refractivity contribution in [3.63, 3.8) is 0 Å². The van der Waals surface area contributed by atoms with Crippen molar-refractivity contribution in [2.24, 2.45) is 14.1 Å². The lowest BCUT2D eigenvalue weighted by atomic mass is 10.2. The van der Waals surface area contributed by atoms with Gasteiger partial charge in [-0.15, -0.1) is 0 Å². The van der Waals surface area contributed by atoms with E-state index in [-0.39, 0.29) is 0 Å². The number of halogens is 1. The highest BCUT2D eigenvalue weighted by molar-refractivity contribution is 9.10. The molecular weight excluding hydrogens is 438 g/mol. The highest BCUT2D eigenvalue weighted by atomic mass is 79.9. The molecule has 150 valence electrons. The van der Waals surface area contributed by atoms with E-state index >= 15 is 0 Å². The van der Waals surface area contributed by atoms with E-state index in [2.05, 4.69) is 47.9 Å². The van der Waals surface area contributed by atoms with Crippen molar-refractivity contribution in [3.8, 4) is 23.0 Å². The van der Waals surface area contributed by atoms with E-state index < -0.39 is 0 Å². The predicted molar refractivity (Wildman–Crippen MR) is 113 cm³/mol. The molecule has 29 heavy (non-hydrogen) atoms. The minimum atomic E-state index is 0.478. The number of pyridine rings is 1. The van der Waals surface area contributed by atoms with Gasteiger partial charge in [-0.3, -0.25) is 10.1 Å². The maximum atomic E-state index is 6.00. The summed E-state index contributed by atoms with van der Waals surface area (Å²) in [5, 5.41) is 16.5. The lowest BCUT2D eigenvalue weighted by molar-refractivity contribution is 0.226. The van der Waals surface area contributed by atoms with Crippen LogP contribution in [0, 0.1) is 0 Å². The van der Waals surface area contributed by atoms with E-state index in [4.69, 9.17) is 9.47 Å². The molecule has 4 aromatic heterocycles. The molecule has 0 aliphatic heterocycles. The fraction of sp³-hybridized carbons (Fsp3) is 0.263. The Labute approximate surface area is 175 Å². The van der Waals surface area contributed by atoms with Crippen LogP contribution in [0.25, 0.3) is 28.2 Å². The molecule has 4 rings (SSSR count). The third-order valence-corrected chi connectivity index (χ3v) is 5.06. The van der Waals surface area contributed by atoms with Crippen molar-refractivity contribution in [1.29, 1.82) is 0 Å². The summed E-state index contributed by atoms with van der Waals surface area (Å²) in [6.07, 6.45) is 7.62. The molecule has 0 bridgehead atoms. The zero-order valence-electron chi connectivity index (χ0n) is 16.1. The fourth-order valence-electron chi connectivity index (χ4n) is 2.96. The number of nitrogens with zero attached hydrogens (tertiary/aromatic N) is 6. The molecule has 10 heteroatoms. The summed E-state index contributed by atoms with van der Waals surface area (Å²) in [5.74, 6) is 1.35. The first-order chi connectivity index (χ1) is 14.1.